The van der Waals surface area contributed by atoms with E-state index in [-0.39, 0.29) is 5.92 Å². The van der Waals surface area contributed by atoms with Crippen LogP contribution >= 0.6 is 0 Å². The number of hydrogen-bond acceptors (Lipinski definition) is 0. The van der Waals surface area contributed by atoms with Crippen molar-refractivity contribution in [1.82, 2.24) is 0 Å². The Labute approximate surface area is 213 Å². The summed E-state index contributed by atoms with van der Waals surface area (Å²) in [4.78, 5) is 0. The molecule has 0 saturated heterocycles. The maximum atomic E-state index is 2.40. The van der Waals surface area contributed by atoms with Crippen LogP contribution in [0.5, 0.6) is 0 Å². The summed E-state index contributed by atoms with van der Waals surface area (Å²) in [6.45, 7) is 4.52. The molecule has 0 saturated carbocycles. The van der Waals surface area contributed by atoms with Crippen LogP contribution in [0.1, 0.15) is 42.0 Å². The van der Waals surface area contributed by atoms with Crippen LogP contribution in [0.4, 0.5) is 0 Å². The molecule has 0 aromatic heterocycles. The predicted molar refractivity (Wildman–Crippen MR) is 155 cm³/mol. The van der Waals surface area contributed by atoms with E-state index in [4.69, 9.17) is 0 Å². The van der Waals surface area contributed by atoms with Gasteiger partial charge in [0.2, 0.25) is 0 Å². The highest BCUT2D eigenvalue weighted by Crippen LogP contribution is 2.39. The Balaban J connectivity index is 1.59. The molecule has 5 aromatic rings. The first-order valence-corrected chi connectivity index (χ1v) is 12.8. The third-order valence-electron chi connectivity index (χ3n) is 7.39. The van der Waals surface area contributed by atoms with Crippen molar-refractivity contribution in [3.8, 4) is 0 Å². The van der Waals surface area contributed by atoms with Crippen molar-refractivity contribution in [3.05, 3.63) is 161 Å². The van der Waals surface area contributed by atoms with Gasteiger partial charge in [0.1, 0.15) is 0 Å². The lowest BCUT2D eigenvalue weighted by atomic mass is 9.81. The van der Waals surface area contributed by atoms with Crippen molar-refractivity contribution in [2.24, 2.45) is 5.92 Å². The summed E-state index contributed by atoms with van der Waals surface area (Å²) >= 11 is 0. The Hall–Kier alpha value is -4.16. The van der Waals surface area contributed by atoms with E-state index in [0.29, 0.717) is 5.92 Å². The summed E-state index contributed by atoms with van der Waals surface area (Å²) in [5.74, 6) is 0.522. The largest absolute Gasteiger partial charge is 0.0809 e. The van der Waals surface area contributed by atoms with Crippen LogP contribution in [0.15, 0.2) is 139 Å². The van der Waals surface area contributed by atoms with Crippen molar-refractivity contribution in [3.63, 3.8) is 0 Å². The standard InChI is InChI=1S/C36H30/c1-25-15-17-26(2)36(32-21-19-28-10-4-6-12-30(28)24-32)35-14-8-7-13-34(35)33(22-16-25)31-20-18-27-9-3-5-11-29(27)23-31/h3-25,33H,1-2H3/b17-15-,22-16?,36-26+. The molecule has 0 N–H and O–H groups in total. The van der Waals surface area contributed by atoms with E-state index < -0.39 is 0 Å². The van der Waals surface area contributed by atoms with Crippen molar-refractivity contribution in [1.29, 1.82) is 0 Å². The molecule has 0 nitrogen and oxygen atoms in total. The fraction of sp³-hybridized carbons (Fsp3) is 0.111. The molecular weight excluding hydrogens is 432 g/mol. The zero-order valence-electron chi connectivity index (χ0n) is 20.9. The average Bonchev–Trinajstić information content (AvgIpc) is 2.92. The number of benzene rings is 5. The first-order chi connectivity index (χ1) is 17.7. The Morgan fingerprint density at radius 3 is 1.97 bits per heavy atom. The third-order valence-corrected chi connectivity index (χ3v) is 7.39. The summed E-state index contributed by atoms with van der Waals surface area (Å²) in [6, 6.07) is 40.0. The fourth-order valence-electron chi connectivity index (χ4n) is 5.46. The van der Waals surface area contributed by atoms with E-state index in [9.17, 15) is 0 Å². The monoisotopic (exact) mass is 462 g/mol. The van der Waals surface area contributed by atoms with Crippen LogP contribution < -0.4 is 0 Å². The van der Waals surface area contributed by atoms with Crippen LogP contribution in [-0.4, -0.2) is 0 Å². The van der Waals surface area contributed by atoms with Gasteiger partial charge in [-0.3, -0.25) is 0 Å². The Bertz CT molecular complexity index is 1660. The zero-order valence-corrected chi connectivity index (χ0v) is 20.9. The molecule has 0 amide bonds. The molecule has 2 atom stereocenters. The minimum Gasteiger partial charge on any atom is -0.0809 e. The maximum absolute atomic E-state index is 2.40. The summed E-state index contributed by atoms with van der Waals surface area (Å²) < 4.78 is 0. The van der Waals surface area contributed by atoms with Gasteiger partial charge < -0.3 is 0 Å². The Morgan fingerprint density at radius 2 is 1.19 bits per heavy atom. The van der Waals surface area contributed by atoms with E-state index in [1.807, 2.05) is 0 Å². The summed E-state index contributed by atoms with van der Waals surface area (Å²) in [5, 5.41) is 5.11. The van der Waals surface area contributed by atoms with Crippen LogP contribution in [0, 0.1) is 5.92 Å². The molecule has 0 heteroatoms. The molecule has 0 aliphatic heterocycles. The molecule has 1 aliphatic rings. The van der Waals surface area contributed by atoms with Crippen molar-refractivity contribution in [2.75, 3.05) is 0 Å². The Morgan fingerprint density at radius 1 is 0.556 bits per heavy atom. The SMILES string of the molecule is CC1=C(/c2ccc3ccccc3c2)c2ccccc2C(c2ccc3ccccc3c2)C=CC(C)/C=C\1. The lowest BCUT2D eigenvalue weighted by Gasteiger charge is -2.23. The molecule has 174 valence electrons. The maximum Gasteiger partial charge on any atom is 0.0276 e. The van der Waals surface area contributed by atoms with Gasteiger partial charge in [-0.25, -0.2) is 0 Å². The van der Waals surface area contributed by atoms with Crippen molar-refractivity contribution in [2.45, 2.75) is 19.8 Å². The van der Waals surface area contributed by atoms with Crippen LogP contribution in [0.2, 0.25) is 0 Å². The topological polar surface area (TPSA) is 0 Å². The van der Waals surface area contributed by atoms with Gasteiger partial charge in [0.25, 0.3) is 0 Å². The van der Waals surface area contributed by atoms with Crippen LogP contribution in [0.25, 0.3) is 27.1 Å². The number of fused-ring (bicyclic) bond motifs is 3. The first-order valence-electron chi connectivity index (χ1n) is 12.8. The highest BCUT2D eigenvalue weighted by molar-refractivity contribution is 5.92. The zero-order chi connectivity index (χ0) is 24.5. The second-order valence-corrected chi connectivity index (χ2v) is 9.89. The number of hydrogen-bond donors (Lipinski definition) is 0. The quantitative estimate of drug-likeness (QED) is 0.229. The highest BCUT2D eigenvalue weighted by Gasteiger charge is 2.20. The first kappa shape index (κ1) is 22.3. The van der Waals surface area contributed by atoms with Gasteiger partial charge in [-0.1, -0.05) is 134 Å². The van der Waals surface area contributed by atoms with Crippen LogP contribution in [-0.2, 0) is 0 Å². The van der Waals surface area contributed by atoms with E-state index >= 15 is 0 Å². The van der Waals surface area contributed by atoms with E-state index in [1.165, 1.54) is 54.9 Å². The molecule has 1 aliphatic carbocycles. The molecule has 0 heterocycles. The normalized spacial score (nSPS) is 20.8. The van der Waals surface area contributed by atoms with E-state index in [1.54, 1.807) is 0 Å². The van der Waals surface area contributed by atoms with Gasteiger partial charge in [0, 0.05) is 5.92 Å². The molecule has 5 aromatic carbocycles. The third kappa shape index (κ3) is 4.20. The summed E-state index contributed by atoms with van der Waals surface area (Å²) in [5.41, 5.74) is 7.82. The molecule has 0 spiro atoms. The lowest BCUT2D eigenvalue weighted by molar-refractivity contribution is 0.910. The van der Waals surface area contributed by atoms with Gasteiger partial charge in [-0.2, -0.15) is 0 Å². The minimum atomic E-state index is 0.169. The van der Waals surface area contributed by atoms with Gasteiger partial charge in [0.15, 0.2) is 0 Å². The average molecular weight is 463 g/mol. The van der Waals surface area contributed by atoms with Gasteiger partial charge in [-0.15, -0.1) is 0 Å². The molecule has 0 radical (unpaired) electrons. The minimum absolute atomic E-state index is 0.169. The summed E-state index contributed by atoms with van der Waals surface area (Å²) in [6.07, 6.45) is 9.36. The number of rotatable bonds is 2. The van der Waals surface area contributed by atoms with Crippen molar-refractivity contribution >= 4 is 27.1 Å². The Kier molecular flexibility index (Phi) is 5.87. The van der Waals surface area contributed by atoms with E-state index in [2.05, 4.69) is 147 Å². The molecule has 2 unspecified atom stereocenters. The van der Waals surface area contributed by atoms with Crippen LogP contribution in [0.3, 0.4) is 0 Å². The second-order valence-electron chi connectivity index (χ2n) is 9.89. The van der Waals surface area contributed by atoms with Gasteiger partial charge in [0.05, 0.1) is 0 Å². The second kappa shape index (κ2) is 9.47. The van der Waals surface area contributed by atoms with Gasteiger partial charge in [-0.05, 0) is 73.9 Å². The molecule has 0 fully saturated rings. The molecule has 36 heavy (non-hydrogen) atoms. The van der Waals surface area contributed by atoms with E-state index in [0.717, 1.165) is 0 Å². The number of allylic oxidation sites excluding steroid dienone is 5. The highest BCUT2D eigenvalue weighted by atomic mass is 14.2. The van der Waals surface area contributed by atoms with Crippen molar-refractivity contribution < 1.29 is 0 Å². The lowest BCUT2D eigenvalue weighted by Crippen LogP contribution is -2.05. The smallest absolute Gasteiger partial charge is 0.0276 e. The summed E-state index contributed by atoms with van der Waals surface area (Å²) in [7, 11) is 0. The predicted octanol–water partition coefficient (Wildman–Crippen LogP) is 9.71. The van der Waals surface area contributed by atoms with Gasteiger partial charge >= 0.3 is 0 Å². The molecule has 0 bridgehead atoms. The molecular formula is C36H30. The fourth-order valence-corrected chi connectivity index (χ4v) is 5.46. The molecule has 6 rings (SSSR count).